The van der Waals surface area contributed by atoms with Crippen molar-refractivity contribution in [2.24, 2.45) is 0 Å². The Morgan fingerprint density at radius 2 is 2.18 bits per heavy atom. The van der Waals surface area contributed by atoms with Gasteiger partial charge in [-0.2, -0.15) is 0 Å². The van der Waals surface area contributed by atoms with Gasteiger partial charge in [-0.05, 0) is 49.1 Å². The van der Waals surface area contributed by atoms with Crippen molar-refractivity contribution in [2.45, 2.75) is 39.2 Å². The molecule has 0 unspecified atom stereocenters. The van der Waals surface area contributed by atoms with Crippen LogP contribution in [0.3, 0.4) is 0 Å². The van der Waals surface area contributed by atoms with Crippen molar-refractivity contribution in [3.63, 3.8) is 0 Å². The van der Waals surface area contributed by atoms with Crippen LogP contribution in [-0.4, -0.2) is 19.2 Å². The Balaban J connectivity index is 2.23. The summed E-state index contributed by atoms with van der Waals surface area (Å²) in [5, 5.41) is 4.15. The predicted molar refractivity (Wildman–Crippen MR) is 72.2 cm³/mol. The number of benzene rings is 1. The molecule has 1 N–H and O–H groups in total. The fourth-order valence-electron chi connectivity index (χ4n) is 2.15. The zero-order valence-electron chi connectivity index (χ0n) is 10.7. The van der Waals surface area contributed by atoms with E-state index in [0.29, 0.717) is 12.0 Å². The van der Waals surface area contributed by atoms with Crippen LogP contribution in [0.1, 0.15) is 37.3 Å². The molecule has 1 atom stereocenters. The summed E-state index contributed by atoms with van der Waals surface area (Å²) in [6.07, 6.45) is 1.38. The highest BCUT2D eigenvalue weighted by Gasteiger charge is 2.18. The van der Waals surface area contributed by atoms with E-state index in [-0.39, 0.29) is 0 Å². The standard InChI is InChI=1S/C14H20ClNO/c1-9(2)12-7-14(10(3)6-13(12)15)17-11-4-5-16-8-11/h6-7,9,11,16H,4-5,8H2,1-3H3/t11-/m1/s1. The molecule has 1 fully saturated rings. The van der Waals surface area contributed by atoms with Crippen LogP contribution in [0.5, 0.6) is 5.75 Å². The summed E-state index contributed by atoms with van der Waals surface area (Å²) in [7, 11) is 0. The van der Waals surface area contributed by atoms with Gasteiger partial charge in [0.05, 0.1) is 0 Å². The Hall–Kier alpha value is -0.730. The molecular formula is C14H20ClNO. The number of nitrogens with one attached hydrogen (secondary N) is 1. The van der Waals surface area contributed by atoms with E-state index in [1.54, 1.807) is 0 Å². The third-order valence-electron chi connectivity index (χ3n) is 3.23. The van der Waals surface area contributed by atoms with E-state index < -0.39 is 0 Å². The minimum atomic E-state index is 0.301. The molecule has 1 aliphatic rings. The lowest BCUT2D eigenvalue weighted by Gasteiger charge is -2.18. The summed E-state index contributed by atoms with van der Waals surface area (Å²) in [5.74, 6) is 1.40. The lowest BCUT2D eigenvalue weighted by Crippen LogP contribution is -2.20. The lowest BCUT2D eigenvalue weighted by molar-refractivity contribution is 0.221. The van der Waals surface area contributed by atoms with Gasteiger partial charge in [0.15, 0.2) is 0 Å². The average molecular weight is 254 g/mol. The van der Waals surface area contributed by atoms with Crippen molar-refractivity contribution in [2.75, 3.05) is 13.1 Å². The second kappa shape index (κ2) is 5.28. The van der Waals surface area contributed by atoms with Gasteiger partial charge in [0.2, 0.25) is 0 Å². The van der Waals surface area contributed by atoms with Crippen LogP contribution in [0.15, 0.2) is 12.1 Å². The van der Waals surface area contributed by atoms with Crippen molar-refractivity contribution in [1.82, 2.24) is 5.32 Å². The maximum Gasteiger partial charge on any atom is 0.123 e. The van der Waals surface area contributed by atoms with Crippen LogP contribution in [0, 0.1) is 6.92 Å². The Labute approximate surface area is 108 Å². The molecule has 1 aliphatic heterocycles. The van der Waals surface area contributed by atoms with E-state index >= 15 is 0 Å². The SMILES string of the molecule is Cc1cc(Cl)c(C(C)C)cc1O[C@@H]1CCNC1. The van der Waals surface area contributed by atoms with Gasteiger partial charge in [0.25, 0.3) is 0 Å². The van der Waals surface area contributed by atoms with Gasteiger partial charge < -0.3 is 10.1 Å². The van der Waals surface area contributed by atoms with E-state index in [1.807, 2.05) is 13.0 Å². The highest BCUT2D eigenvalue weighted by atomic mass is 35.5. The number of ether oxygens (including phenoxy) is 1. The van der Waals surface area contributed by atoms with Gasteiger partial charge in [0.1, 0.15) is 11.9 Å². The highest BCUT2D eigenvalue weighted by molar-refractivity contribution is 6.31. The fraction of sp³-hybridized carbons (Fsp3) is 0.571. The Kier molecular flexibility index (Phi) is 3.95. The number of hydrogen-bond donors (Lipinski definition) is 1. The average Bonchev–Trinajstić information content (AvgIpc) is 2.74. The van der Waals surface area contributed by atoms with Crippen molar-refractivity contribution in [3.8, 4) is 5.75 Å². The van der Waals surface area contributed by atoms with Gasteiger partial charge in [0, 0.05) is 11.6 Å². The topological polar surface area (TPSA) is 21.3 Å². The molecule has 0 radical (unpaired) electrons. The number of halogens is 1. The second-order valence-corrected chi connectivity index (χ2v) is 5.43. The largest absolute Gasteiger partial charge is 0.489 e. The molecule has 0 bridgehead atoms. The molecule has 94 valence electrons. The van der Waals surface area contributed by atoms with E-state index in [1.165, 1.54) is 5.56 Å². The van der Waals surface area contributed by atoms with Crippen molar-refractivity contribution in [3.05, 3.63) is 28.3 Å². The van der Waals surface area contributed by atoms with Crippen LogP contribution in [0.25, 0.3) is 0 Å². The lowest BCUT2D eigenvalue weighted by atomic mass is 10.0. The van der Waals surface area contributed by atoms with Crippen LogP contribution >= 0.6 is 11.6 Å². The van der Waals surface area contributed by atoms with Gasteiger partial charge in [-0.1, -0.05) is 25.4 Å². The first-order chi connectivity index (χ1) is 8.08. The summed E-state index contributed by atoms with van der Waals surface area (Å²) in [4.78, 5) is 0. The number of rotatable bonds is 3. The second-order valence-electron chi connectivity index (χ2n) is 5.03. The molecule has 1 saturated heterocycles. The molecule has 2 rings (SSSR count). The maximum absolute atomic E-state index is 6.25. The first-order valence-corrected chi connectivity index (χ1v) is 6.63. The summed E-state index contributed by atoms with van der Waals surface area (Å²) in [5.41, 5.74) is 2.28. The molecule has 2 nitrogen and oxygen atoms in total. The Morgan fingerprint density at radius 1 is 1.41 bits per heavy atom. The quantitative estimate of drug-likeness (QED) is 0.890. The first-order valence-electron chi connectivity index (χ1n) is 6.25. The molecule has 0 spiro atoms. The minimum absolute atomic E-state index is 0.301. The Bertz CT molecular complexity index is 397. The number of aryl methyl sites for hydroxylation is 1. The molecule has 1 heterocycles. The zero-order chi connectivity index (χ0) is 12.4. The molecule has 0 aromatic heterocycles. The number of hydrogen-bond acceptors (Lipinski definition) is 2. The predicted octanol–water partition coefficient (Wildman–Crippen LogP) is 3.51. The van der Waals surface area contributed by atoms with Gasteiger partial charge >= 0.3 is 0 Å². The van der Waals surface area contributed by atoms with Crippen LogP contribution < -0.4 is 10.1 Å². The van der Waals surface area contributed by atoms with Crippen LogP contribution in [0.2, 0.25) is 5.02 Å². The van der Waals surface area contributed by atoms with Crippen molar-refractivity contribution >= 4 is 11.6 Å². The summed E-state index contributed by atoms with van der Waals surface area (Å²) >= 11 is 6.25. The van der Waals surface area contributed by atoms with E-state index in [2.05, 4.69) is 25.2 Å². The van der Waals surface area contributed by atoms with Crippen LogP contribution in [-0.2, 0) is 0 Å². The highest BCUT2D eigenvalue weighted by Crippen LogP contribution is 2.32. The van der Waals surface area contributed by atoms with Gasteiger partial charge in [-0.15, -0.1) is 0 Å². The van der Waals surface area contributed by atoms with Crippen molar-refractivity contribution < 1.29 is 4.74 Å². The molecule has 0 saturated carbocycles. The van der Waals surface area contributed by atoms with E-state index in [4.69, 9.17) is 16.3 Å². The van der Waals surface area contributed by atoms with Crippen LogP contribution in [0.4, 0.5) is 0 Å². The molecule has 17 heavy (non-hydrogen) atoms. The molecular weight excluding hydrogens is 234 g/mol. The molecule has 3 heteroatoms. The summed E-state index contributed by atoms with van der Waals surface area (Å²) in [6, 6.07) is 4.11. The van der Waals surface area contributed by atoms with Gasteiger partial charge in [-0.25, -0.2) is 0 Å². The molecule has 0 amide bonds. The molecule has 0 aliphatic carbocycles. The summed E-state index contributed by atoms with van der Waals surface area (Å²) in [6.45, 7) is 8.34. The minimum Gasteiger partial charge on any atom is -0.489 e. The smallest absolute Gasteiger partial charge is 0.123 e. The van der Waals surface area contributed by atoms with E-state index in [0.717, 1.165) is 35.8 Å². The maximum atomic E-state index is 6.25. The monoisotopic (exact) mass is 253 g/mol. The fourth-order valence-corrected chi connectivity index (χ4v) is 2.58. The first kappa shape index (κ1) is 12.7. The third kappa shape index (κ3) is 2.93. The van der Waals surface area contributed by atoms with Crippen molar-refractivity contribution in [1.29, 1.82) is 0 Å². The van der Waals surface area contributed by atoms with Gasteiger partial charge in [-0.3, -0.25) is 0 Å². The molecule has 1 aromatic rings. The zero-order valence-corrected chi connectivity index (χ0v) is 11.5. The third-order valence-corrected chi connectivity index (χ3v) is 3.55. The molecule has 1 aromatic carbocycles. The van der Waals surface area contributed by atoms with E-state index in [9.17, 15) is 0 Å². The Morgan fingerprint density at radius 3 is 2.76 bits per heavy atom. The summed E-state index contributed by atoms with van der Waals surface area (Å²) < 4.78 is 6.03. The normalized spacial score (nSPS) is 19.9.